The minimum Gasteiger partial charge on any atom is -0.373 e. The molecule has 0 saturated carbocycles. The summed E-state index contributed by atoms with van der Waals surface area (Å²) in [5.74, 6) is 0. The lowest BCUT2D eigenvalue weighted by Gasteiger charge is -2.55. The molecule has 2 atom stereocenters. The highest BCUT2D eigenvalue weighted by atomic mass is 16.5. The van der Waals surface area contributed by atoms with E-state index in [1.807, 2.05) is 41.5 Å². The number of piperidine rings is 2. The third-order valence-corrected chi connectivity index (χ3v) is 6.27. The summed E-state index contributed by atoms with van der Waals surface area (Å²) < 4.78 is 12.5. The van der Waals surface area contributed by atoms with E-state index in [2.05, 4.69) is 21.9 Å². The van der Waals surface area contributed by atoms with Crippen LogP contribution in [0.3, 0.4) is 0 Å². The number of likely N-dealkylation sites (tertiary alicyclic amines) is 2. The maximum Gasteiger partial charge on any atom is 0.167 e. The van der Waals surface area contributed by atoms with Gasteiger partial charge in [-0.15, -0.1) is 0 Å². The molecule has 0 aromatic rings. The molecule has 2 aliphatic rings. The van der Waals surface area contributed by atoms with Gasteiger partial charge < -0.3 is 9.47 Å². The monoisotopic (exact) mass is 418 g/mol. The maximum atomic E-state index is 10.7. The standard InChI is InChI=1S/C24H42N4O2/c1-21(2,3)29-19-23(17-25,27-13-9-7-10-14-27)24(18-26,20-30-22(4,5)6)28-15-11-8-12-16-28/h7-16,19-20H2,1-6H3. The van der Waals surface area contributed by atoms with E-state index in [1.54, 1.807) is 0 Å². The van der Waals surface area contributed by atoms with Gasteiger partial charge in [0.1, 0.15) is 0 Å². The lowest BCUT2D eigenvalue weighted by Crippen LogP contribution is -2.75. The minimum absolute atomic E-state index is 0.199. The van der Waals surface area contributed by atoms with Crippen LogP contribution in [0.5, 0.6) is 0 Å². The van der Waals surface area contributed by atoms with Crippen molar-refractivity contribution in [3.63, 3.8) is 0 Å². The quantitative estimate of drug-likeness (QED) is 0.619. The van der Waals surface area contributed by atoms with E-state index in [4.69, 9.17) is 9.47 Å². The fourth-order valence-corrected chi connectivity index (χ4v) is 4.53. The second-order valence-electron chi connectivity index (χ2n) is 10.8. The van der Waals surface area contributed by atoms with Crippen LogP contribution in [0.25, 0.3) is 0 Å². The van der Waals surface area contributed by atoms with Crippen LogP contribution in [-0.4, -0.2) is 71.5 Å². The largest absolute Gasteiger partial charge is 0.373 e. The smallest absolute Gasteiger partial charge is 0.167 e. The van der Waals surface area contributed by atoms with Crippen LogP contribution >= 0.6 is 0 Å². The van der Waals surface area contributed by atoms with Crippen molar-refractivity contribution in [2.24, 2.45) is 0 Å². The van der Waals surface area contributed by atoms with Gasteiger partial charge in [0.25, 0.3) is 0 Å². The Morgan fingerprint density at radius 2 is 0.900 bits per heavy atom. The highest BCUT2D eigenvalue weighted by molar-refractivity contribution is 5.33. The highest BCUT2D eigenvalue weighted by Crippen LogP contribution is 2.39. The number of rotatable bonds is 7. The summed E-state index contributed by atoms with van der Waals surface area (Å²) in [5, 5.41) is 21.5. The summed E-state index contributed by atoms with van der Waals surface area (Å²) in [7, 11) is 0. The van der Waals surface area contributed by atoms with Crippen molar-refractivity contribution in [1.82, 2.24) is 9.80 Å². The van der Waals surface area contributed by atoms with E-state index >= 15 is 0 Å². The van der Waals surface area contributed by atoms with Crippen LogP contribution in [0.15, 0.2) is 0 Å². The topological polar surface area (TPSA) is 72.5 Å². The average Bonchev–Trinajstić information content (AvgIpc) is 2.71. The van der Waals surface area contributed by atoms with Crippen LogP contribution in [0.1, 0.15) is 80.1 Å². The van der Waals surface area contributed by atoms with Crippen molar-refractivity contribution in [2.45, 2.75) is 102 Å². The van der Waals surface area contributed by atoms with Gasteiger partial charge in [0.2, 0.25) is 0 Å². The molecular weight excluding hydrogens is 376 g/mol. The first kappa shape index (κ1) is 25.1. The van der Waals surface area contributed by atoms with E-state index < -0.39 is 22.3 Å². The van der Waals surface area contributed by atoms with Gasteiger partial charge in [0, 0.05) is 0 Å². The Morgan fingerprint density at radius 3 is 1.13 bits per heavy atom. The molecule has 0 aromatic carbocycles. The second kappa shape index (κ2) is 9.96. The number of nitrogens with zero attached hydrogens (tertiary/aromatic N) is 4. The van der Waals surface area contributed by atoms with E-state index in [9.17, 15) is 10.5 Å². The van der Waals surface area contributed by atoms with Gasteiger partial charge in [-0.05, 0) is 93.4 Å². The second-order valence-corrected chi connectivity index (χ2v) is 10.8. The Morgan fingerprint density at radius 1 is 0.600 bits per heavy atom. The van der Waals surface area contributed by atoms with Gasteiger partial charge in [-0.25, -0.2) is 0 Å². The normalized spacial score (nSPS) is 23.7. The lowest BCUT2D eigenvalue weighted by atomic mass is 9.74. The zero-order valence-corrected chi connectivity index (χ0v) is 20.1. The van der Waals surface area contributed by atoms with Crippen LogP contribution in [-0.2, 0) is 9.47 Å². The molecule has 0 amide bonds. The van der Waals surface area contributed by atoms with Crippen LogP contribution in [0.2, 0.25) is 0 Å². The SMILES string of the molecule is CC(C)(C)OCC(C#N)(N1CCCCC1)C(C#N)(COC(C)(C)C)N1CCCCC1. The van der Waals surface area contributed by atoms with Gasteiger partial charge >= 0.3 is 0 Å². The highest BCUT2D eigenvalue weighted by Gasteiger charge is 2.61. The van der Waals surface area contributed by atoms with E-state index in [0.29, 0.717) is 0 Å². The van der Waals surface area contributed by atoms with Gasteiger partial charge in [-0.2, -0.15) is 10.5 Å². The molecule has 0 bridgehead atoms. The Balaban J connectivity index is 2.58. The first-order valence-corrected chi connectivity index (χ1v) is 11.6. The molecule has 0 spiro atoms. The zero-order valence-electron chi connectivity index (χ0n) is 20.1. The molecule has 0 radical (unpaired) electrons. The first-order valence-electron chi connectivity index (χ1n) is 11.6. The van der Waals surface area contributed by atoms with Gasteiger partial charge in [0.15, 0.2) is 11.1 Å². The van der Waals surface area contributed by atoms with Crippen molar-refractivity contribution >= 4 is 0 Å². The Hall–Kier alpha value is -1.18. The predicted octanol–water partition coefficient (Wildman–Crippen LogP) is 4.11. The summed E-state index contributed by atoms with van der Waals surface area (Å²) in [4.78, 5) is 4.46. The maximum absolute atomic E-state index is 10.7. The summed E-state index contributed by atoms with van der Waals surface area (Å²) >= 11 is 0. The van der Waals surface area contributed by atoms with E-state index in [0.717, 1.165) is 51.9 Å². The molecule has 2 aliphatic heterocycles. The molecule has 6 heteroatoms. The molecule has 2 rings (SSSR count). The molecule has 170 valence electrons. The fraction of sp³-hybridized carbons (Fsp3) is 0.917. The fourth-order valence-electron chi connectivity index (χ4n) is 4.53. The van der Waals surface area contributed by atoms with Crippen molar-refractivity contribution < 1.29 is 9.47 Å². The van der Waals surface area contributed by atoms with Crippen molar-refractivity contribution in [3.8, 4) is 12.1 Å². The third kappa shape index (κ3) is 5.74. The Bertz CT molecular complexity index is 572. The Labute approximate surface area is 184 Å². The predicted molar refractivity (Wildman–Crippen MR) is 119 cm³/mol. The number of hydrogen-bond donors (Lipinski definition) is 0. The summed E-state index contributed by atoms with van der Waals surface area (Å²) in [5.41, 5.74) is -2.96. The molecule has 0 aliphatic carbocycles. The molecule has 0 aromatic heterocycles. The van der Waals surface area contributed by atoms with Crippen molar-refractivity contribution in [1.29, 1.82) is 10.5 Å². The first-order chi connectivity index (χ1) is 14.0. The molecule has 0 N–H and O–H groups in total. The third-order valence-electron chi connectivity index (χ3n) is 6.27. The molecule has 2 unspecified atom stereocenters. The van der Waals surface area contributed by atoms with Crippen molar-refractivity contribution in [2.75, 3.05) is 39.4 Å². The lowest BCUT2D eigenvalue weighted by molar-refractivity contribution is -0.141. The molecule has 30 heavy (non-hydrogen) atoms. The number of hydrogen-bond acceptors (Lipinski definition) is 6. The van der Waals surface area contributed by atoms with Crippen LogP contribution in [0, 0.1) is 22.7 Å². The minimum atomic E-state index is -1.09. The zero-order chi connectivity index (χ0) is 22.5. The number of ether oxygens (including phenoxy) is 2. The average molecular weight is 419 g/mol. The van der Waals surface area contributed by atoms with Crippen molar-refractivity contribution in [3.05, 3.63) is 0 Å². The van der Waals surface area contributed by atoms with Gasteiger partial charge in [-0.3, -0.25) is 9.80 Å². The summed E-state index contributed by atoms with van der Waals surface area (Å²) in [6, 6.07) is 5.28. The Kier molecular flexibility index (Phi) is 8.33. The number of nitriles is 2. The van der Waals surface area contributed by atoms with Crippen LogP contribution < -0.4 is 0 Å². The summed E-state index contributed by atoms with van der Waals surface area (Å²) in [6.07, 6.45) is 6.50. The molecule has 2 heterocycles. The molecule has 2 saturated heterocycles. The molecule has 6 nitrogen and oxygen atoms in total. The summed E-state index contributed by atoms with van der Waals surface area (Å²) in [6.45, 7) is 15.7. The van der Waals surface area contributed by atoms with Crippen LogP contribution in [0.4, 0.5) is 0 Å². The van der Waals surface area contributed by atoms with E-state index in [1.165, 1.54) is 12.8 Å². The molecule has 2 fully saturated rings. The van der Waals surface area contributed by atoms with Gasteiger partial charge in [0.05, 0.1) is 36.6 Å². The van der Waals surface area contributed by atoms with E-state index in [-0.39, 0.29) is 13.2 Å². The van der Waals surface area contributed by atoms with Gasteiger partial charge in [-0.1, -0.05) is 12.8 Å². The molecular formula is C24H42N4O2.